The van der Waals surface area contributed by atoms with Gasteiger partial charge in [-0.3, -0.25) is 4.79 Å². The molecule has 0 bridgehead atoms. The fourth-order valence-electron chi connectivity index (χ4n) is 3.56. The zero-order chi connectivity index (χ0) is 21.9. The number of nitrogens with one attached hydrogen (secondary N) is 2. The van der Waals surface area contributed by atoms with E-state index in [1.54, 1.807) is 6.92 Å². The van der Waals surface area contributed by atoms with Crippen LogP contribution in [0.1, 0.15) is 44.2 Å². The summed E-state index contributed by atoms with van der Waals surface area (Å²) in [6.07, 6.45) is -0.515. The molecule has 0 radical (unpaired) electrons. The molecule has 158 valence electrons. The van der Waals surface area contributed by atoms with Crippen molar-refractivity contribution < 1.29 is 24.2 Å². The number of carboxylic acid groups (broad SMARTS) is 1. The number of benzene rings is 2. The van der Waals surface area contributed by atoms with Crippen LogP contribution >= 0.6 is 0 Å². The van der Waals surface area contributed by atoms with Crippen molar-refractivity contribution in [3.05, 3.63) is 59.7 Å². The van der Waals surface area contributed by atoms with E-state index in [1.165, 1.54) is 13.8 Å². The zero-order valence-corrected chi connectivity index (χ0v) is 17.3. The lowest BCUT2D eigenvalue weighted by molar-refractivity contribution is -0.147. The number of rotatable bonds is 7. The monoisotopic (exact) mass is 410 g/mol. The van der Waals surface area contributed by atoms with Gasteiger partial charge in [0.1, 0.15) is 18.2 Å². The van der Waals surface area contributed by atoms with Crippen molar-refractivity contribution in [3.8, 4) is 11.1 Å². The van der Waals surface area contributed by atoms with Crippen LogP contribution < -0.4 is 10.6 Å². The SMILES string of the molecule is CCC(C)(NC(=O)[C@H](C)NC(=O)OCC1c2ccccc2-c2ccccc21)C(=O)O. The van der Waals surface area contributed by atoms with Crippen molar-refractivity contribution in [3.63, 3.8) is 0 Å². The molecule has 0 fully saturated rings. The van der Waals surface area contributed by atoms with Gasteiger partial charge in [-0.15, -0.1) is 0 Å². The van der Waals surface area contributed by atoms with Crippen LogP contribution in [-0.2, 0) is 14.3 Å². The molecule has 30 heavy (non-hydrogen) atoms. The van der Waals surface area contributed by atoms with Gasteiger partial charge in [0.15, 0.2) is 0 Å². The largest absolute Gasteiger partial charge is 0.480 e. The van der Waals surface area contributed by atoms with E-state index in [1.807, 2.05) is 48.5 Å². The molecule has 3 N–H and O–H groups in total. The quantitative estimate of drug-likeness (QED) is 0.650. The number of amides is 2. The van der Waals surface area contributed by atoms with Gasteiger partial charge in [0.25, 0.3) is 0 Å². The summed E-state index contributed by atoms with van der Waals surface area (Å²) in [6, 6.07) is 15.1. The van der Waals surface area contributed by atoms with Crippen molar-refractivity contribution >= 4 is 18.0 Å². The van der Waals surface area contributed by atoms with Crippen LogP contribution in [-0.4, -0.2) is 41.3 Å². The summed E-state index contributed by atoms with van der Waals surface area (Å²) >= 11 is 0. The molecular weight excluding hydrogens is 384 g/mol. The first-order chi connectivity index (χ1) is 14.3. The van der Waals surface area contributed by atoms with E-state index in [0.717, 1.165) is 22.3 Å². The molecule has 0 heterocycles. The van der Waals surface area contributed by atoms with Crippen LogP contribution in [0.3, 0.4) is 0 Å². The molecule has 0 saturated carbocycles. The van der Waals surface area contributed by atoms with E-state index in [2.05, 4.69) is 10.6 Å². The fourth-order valence-corrected chi connectivity index (χ4v) is 3.56. The Hall–Kier alpha value is -3.35. The molecule has 1 aliphatic rings. The van der Waals surface area contributed by atoms with E-state index >= 15 is 0 Å². The van der Waals surface area contributed by atoms with E-state index in [0.29, 0.717) is 0 Å². The van der Waals surface area contributed by atoms with Gasteiger partial charge in [0, 0.05) is 5.92 Å². The standard InChI is InChI=1S/C23H26N2O5/c1-4-23(3,21(27)28)25-20(26)14(2)24-22(29)30-13-19-17-11-7-5-9-15(17)16-10-6-8-12-18(16)19/h5-12,14,19H,4,13H2,1-3H3,(H,24,29)(H,25,26)(H,27,28)/t14-,23?/m0/s1. The molecule has 2 amide bonds. The molecule has 3 rings (SSSR count). The smallest absolute Gasteiger partial charge is 0.407 e. The third-order valence-corrected chi connectivity index (χ3v) is 5.65. The van der Waals surface area contributed by atoms with Gasteiger partial charge in [-0.05, 0) is 42.5 Å². The average molecular weight is 410 g/mol. The summed E-state index contributed by atoms with van der Waals surface area (Å²) in [5.74, 6) is -1.80. The predicted octanol–water partition coefficient (Wildman–Crippen LogP) is 3.28. The number of fused-ring (bicyclic) bond motifs is 3. The zero-order valence-electron chi connectivity index (χ0n) is 17.3. The topological polar surface area (TPSA) is 105 Å². The minimum Gasteiger partial charge on any atom is -0.480 e. The molecule has 0 spiro atoms. The van der Waals surface area contributed by atoms with Gasteiger partial charge < -0.3 is 20.5 Å². The van der Waals surface area contributed by atoms with E-state index in [9.17, 15) is 19.5 Å². The van der Waals surface area contributed by atoms with Gasteiger partial charge >= 0.3 is 12.1 Å². The van der Waals surface area contributed by atoms with Crippen LogP contribution in [0.5, 0.6) is 0 Å². The van der Waals surface area contributed by atoms with E-state index < -0.39 is 29.6 Å². The second-order valence-electron chi connectivity index (χ2n) is 7.67. The Labute approximate surface area is 175 Å². The molecule has 0 saturated heterocycles. The Balaban J connectivity index is 1.61. The molecular formula is C23H26N2O5. The molecule has 2 aromatic rings. The maximum Gasteiger partial charge on any atom is 0.407 e. The Morgan fingerprint density at radius 3 is 2.10 bits per heavy atom. The predicted molar refractivity (Wildman–Crippen MR) is 112 cm³/mol. The fraction of sp³-hybridized carbons (Fsp3) is 0.348. The van der Waals surface area contributed by atoms with Crippen LogP contribution in [0.4, 0.5) is 4.79 Å². The number of aliphatic carboxylic acids is 1. The molecule has 1 unspecified atom stereocenters. The Morgan fingerprint density at radius 1 is 1.07 bits per heavy atom. The van der Waals surface area contributed by atoms with Crippen molar-refractivity contribution in [2.75, 3.05) is 6.61 Å². The number of hydrogen-bond acceptors (Lipinski definition) is 4. The highest BCUT2D eigenvalue weighted by Gasteiger charge is 2.34. The van der Waals surface area contributed by atoms with Crippen LogP contribution in [0.15, 0.2) is 48.5 Å². The van der Waals surface area contributed by atoms with Gasteiger partial charge in [-0.2, -0.15) is 0 Å². The first kappa shape index (κ1) is 21.4. The maximum atomic E-state index is 12.3. The molecule has 7 nitrogen and oxygen atoms in total. The third-order valence-electron chi connectivity index (χ3n) is 5.65. The number of carbonyl (C=O) groups is 3. The summed E-state index contributed by atoms with van der Waals surface area (Å²) in [5.41, 5.74) is 3.05. The highest BCUT2D eigenvalue weighted by Crippen LogP contribution is 2.44. The lowest BCUT2D eigenvalue weighted by Gasteiger charge is -2.26. The van der Waals surface area contributed by atoms with Crippen molar-refractivity contribution in [2.45, 2.75) is 44.7 Å². The molecule has 0 aromatic heterocycles. The number of carbonyl (C=O) groups excluding carboxylic acids is 2. The van der Waals surface area contributed by atoms with Crippen LogP contribution in [0.2, 0.25) is 0 Å². The van der Waals surface area contributed by atoms with Gasteiger partial charge in [-0.25, -0.2) is 9.59 Å². The number of hydrogen-bond donors (Lipinski definition) is 3. The average Bonchev–Trinajstić information content (AvgIpc) is 3.05. The van der Waals surface area contributed by atoms with Gasteiger partial charge in [0.2, 0.25) is 5.91 Å². The van der Waals surface area contributed by atoms with Crippen molar-refractivity contribution in [2.24, 2.45) is 0 Å². The van der Waals surface area contributed by atoms with Gasteiger partial charge in [-0.1, -0.05) is 55.5 Å². The van der Waals surface area contributed by atoms with Crippen molar-refractivity contribution in [1.82, 2.24) is 10.6 Å². The number of carboxylic acids is 1. The van der Waals surface area contributed by atoms with Crippen molar-refractivity contribution in [1.29, 1.82) is 0 Å². The minimum absolute atomic E-state index is 0.0809. The minimum atomic E-state index is -1.39. The second-order valence-corrected chi connectivity index (χ2v) is 7.67. The molecule has 1 aliphatic carbocycles. The lowest BCUT2D eigenvalue weighted by atomic mass is 9.98. The summed E-state index contributed by atoms with van der Waals surface area (Å²) < 4.78 is 5.42. The third kappa shape index (κ3) is 4.15. The summed E-state index contributed by atoms with van der Waals surface area (Å²) in [5, 5.41) is 14.2. The molecule has 2 aromatic carbocycles. The molecule has 0 aliphatic heterocycles. The number of ether oxygens (including phenoxy) is 1. The molecule has 2 atom stereocenters. The van der Waals surface area contributed by atoms with Crippen LogP contribution in [0, 0.1) is 0 Å². The highest BCUT2D eigenvalue weighted by atomic mass is 16.5. The normalized spacial score (nSPS) is 15.3. The Kier molecular flexibility index (Phi) is 6.10. The Bertz CT molecular complexity index is 928. The Morgan fingerprint density at radius 2 is 1.60 bits per heavy atom. The van der Waals surface area contributed by atoms with E-state index in [-0.39, 0.29) is 18.9 Å². The highest BCUT2D eigenvalue weighted by molar-refractivity contribution is 5.90. The second kappa shape index (κ2) is 8.57. The van der Waals surface area contributed by atoms with E-state index in [4.69, 9.17) is 4.74 Å². The first-order valence-corrected chi connectivity index (χ1v) is 9.93. The summed E-state index contributed by atoms with van der Waals surface area (Å²) in [7, 11) is 0. The summed E-state index contributed by atoms with van der Waals surface area (Å²) in [6.45, 7) is 4.70. The maximum absolute atomic E-state index is 12.3. The van der Waals surface area contributed by atoms with Crippen LogP contribution in [0.25, 0.3) is 11.1 Å². The first-order valence-electron chi connectivity index (χ1n) is 9.93. The number of alkyl carbamates (subject to hydrolysis) is 1. The summed E-state index contributed by atoms with van der Waals surface area (Å²) in [4.78, 5) is 35.9. The molecule has 7 heteroatoms. The lowest BCUT2D eigenvalue weighted by Crippen LogP contribution is -2.56. The van der Waals surface area contributed by atoms with Gasteiger partial charge in [0.05, 0.1) is 0 Å².